The zero-order valence-electron chi connectivity index (χ0n) is 13.6. The first-order valence-electron chi connectivity index (χ1n) is 7.39. The van der Waals surface area contributed by atoms with E-state index in [2.05, 4.69) is 15.5 Å². The maximum absolute atomic E-state index is 12.1. The summed E-state index contributed by atoms with van der Waals surface area (Å²) in [6.07, 6.45) is 1.76. The van der Waals surface area contributed by atoms with E-state index in [1.165, 1.54) is 4.90 Å². The summed E-state index contributed by atoms with van der Waals surface area (Å²) in [4.78, 5) is 24.3. The molecule has 1 unspecified atom stereocenters. The van der Waals surface area contributed by atoms with Crippen molar-refractivity contribution in [1.82, 2.24) is 19.5 Å². The maximum Gasteiger partial charge on any atom is 0.321 e. The number of nitrogens with zero attached hydrogens (tertiary/aromatic N) is 4. The minimum absolute atomic E-state index is 0.132. The molecule has 0 aliphatic carbocycles. The predicted molar refractivity (Wildman–Crippen MR) is 85.5 cm³/mol. The van der Waals surface area contributed by atoms with Gasteiger partial charge >= 0.3 is 12.0 Å². The zero-order chi connectivity index (χ0) is 17.1. The molecule has 2 heterocycles. The van der Waals surface area contributed by atoms with E-state index in [0.29, 0.717) is 11.3 Å². The lowest BCUT2D eigenvalue weighted by Crippen LogP contribution is -2.36. The average molecular weight is 319 g/mol. The van der Waals surface area contributed by atoms with Crippen LogP contribution in [0.1, 0.15) is 32.5 Å². The Balaban J connectivity index is 2.13. The number of carbonyl (C=O) groups excluding carboxylic acids is 1. The maximum atomic E-state index is 12.1. The summed E-state index contributed by atoms with van der Waals surface area (Å²) in [7, 11) is 1.56. The monoisotopic (exact) mass is 319 g/mol. The van der Waals surface area contributed by atoms with Crippen molar-refractivity contribution >= 4 is 23.3 Å². The van der Waals surface area contributed by atoms with Crippen molar-refractivity contribution in [3.63, 3.8) is 0 Å². The summed E-state index contributed by atoms with van der Waals surface area (Å²) in [5.41, 5.74) is 1.30. The molecule has 8 heteroatoms. The first-order valence-corrected chi connectivity index (χ1v) is 7.39. The van der Waals surface area contributed by atoms with E-state index in [4.69, 9.17) is 5.11 Å². The van der Waals surface area contributed by atoms with Gasteiger partial charge in [-0.25, -0.2) is 4.79 Å². The number of urea groups is 1. The van der Waals surface area contributed by atoms with Crippen molar-refractivity contribution in [2.45, 2.75) is 26.7 Å². The van der Waals surface area contributed by atoms with E-state index in [0.717, 1.165) is 5.82 Å². The summed E-state index contributed by atoms with van der Waals surface area (Å²) in [5.74, 6) is -0.547. The first-order chi connectivity index (χ1) is 10.8. The molecule has 124 valence electrons. The number of fused-ring (bicyclic) bond motifs is 1. The molecule has 0 bridgehead atoms. The molecule has 8 nitrogen and oxygen atoms in total. The van der Waals surface area contributed by atoms with Crippen LogP contribution in [0.15, 0.2) is 18.3 Å². The Bertz CT molecular complexity index is 725. The Morgan fingerprint density at radius 3 is 2.61 bits per heavy atom. The highest BCUT2D eigenvalue weighted by atomic mass is 16.4. The van der Waals surface area contributed by atoms with Gasteiger partial charge in [-0.1, -0.05) is 20.8 Å². The van der Waals surface area contributed by atoms with Crippen LogP contribution >= 0.6 is 0 Å². The summed E-state index contributed by atoms with van der Waals surface area (Å²) < 4.78 is 1.83. The number of rotatable bonds is 5. The number of carbonyl (C=O) groups is 2. The van der Waals surface area contributed by atoms with Crippen LogP contribution in [-0.4, -0.2) is 50.2 Å². The van der Waals surface area contributed by atoms with Gasteiger partial charge in [0.05, 0.1) is 11.6 Å². The van der Waals surface area contributed by atoms with Gasteiger partial charge in [-0.2, -0.15) is 0 Å². The SMILES string of the molecule is CC(CN(C)C(=O)Nc1ccc2nnc(C(C)C)n2c1)C(=O)O. The highest BCUT2D eigenvalue weighted by Gasteiger charge is 2.18. The molecule has 1 atom stereocenters. The largest absolute Gasteiger partial charge is 0.481 e. The molecule has 2 aromatic heterocycles. The smallest absolute Gasteiger partial charge is 0.321 e. The number of amides is 2. The number of aliphatic carboxylic acids is 1. The summed E-state index contributed by atoms with van der Waals surface area (Å²) in [5, 5.41) is 19.9. The number of anilines is 1. The number of hydrogen-bond donors (Lipinski definition) is 2. The highest BCUT2D eigenvalue weighted by molar-refractivity contribution is 5.89. The number of aromatic nitrogens is 3. The van der Waals surface area contributed by atoms with Crippen LogP contribution in [-0.2, 0) is 4.79 Å². The molecule has 0 radical (unpaired) electrons. The second-order valence-corrected chi connectivity index (χ2v) is 5.91. The third-order valence-electron chi connectivity index (χ3n) is 3.51. The Labute approximate surface area is 134 Å². The normalized spacial score (nSPS) is 12.4. The fourth-order valence-electron chi connectivity index (χ4n) is 2.17. The Hall–Kier alpha value is -2.64. The molecule has 2 aromatic rings. The van der Waals surface area contributed by atoms with E-state index in [1.807, 2.05) is 18.2 Å². The fourth-order valence-corrected chi connectivity index (χ4v) is 2.17. The molecule has 0 saturated heterocycles. The summed E-state index contributed by atoms with van der Waals surface area (Å²) in [6.45, 7) is 5.73. The minimum atomic E-state index is -0.933. The highest BCUT2D eigenvalue weighted by Crippen LogP contribution is 2.17. The van der Waals surface area contributed by atoms with Gasteiger partial charge in [0.25, 0.3) is 0 Å². The van der Waals surface area contributed by atoms with Crippen LogP contribution in [0.4, 0.5) is 10.5 Å². The van der Waals surface area contributed by atoms with E-state index in [-0.39, 0.29) is 18.5 Å². The third-order valence-corrected chi connectivity index (χ3v) is 3.51. The van der Waals surface area contributed by atoms with Gasteiger partial charge < -0.3 is 15.3 Å². The lowest BCUT2D eigenvalue weighted by molar-refractivity contribution is -0.141. The molecule has 23 heavy (non-hydrogen) atoms. The number of pyridine rings is 1. The summed E-state index contributed by atoms with van der Waals surface area (Å²) >= 11 is 0. The van der Waals surface area contributed by atoms with Gasteiger partial charge in [-0.15, -0.1) is 10.2 Å². The zero-order valence-corrected chi connectivity index (χ0v) is 13.6. The second kappa shape index (κ2) is 6.64. The minimum Gasteiger partial charge on any atom is -0.481 e. The van der Waals surface area contributed by atoms with Crippen molar-refractivity contribution in [2.24, 2.45) is 5.92 Å². The molecule has 2 N–H and O–H groups in total. The molecule has 0 aliphatic rings. The Morgan fingerprint density at radius 1 is 1.30 bits per heavy atom. The quantitative estimate of drug-likeness (QED) is 0.878. The van der Waals surface area contributed by atoms with Crippen LogP contribution in [0.25, 0.3) is 5.65 Å². The molecule has 2 rings (SSSR count). The van der Waals surface area contributed by atoms with Crippen LogP contribution < -0.4 is 5.32 Å². The summed E-state index contributed by atoms with van der Waals surface area (Å²) in [6, 6.07) is 3.14. The first kappa shape index (κ1) is 16.7. The van der Waals surface area contributed by atoms with Crippen LogP contribution in [0.5, 0.6) is 0 Å². The van der Waals surface area contributed by atoms with Gasteiger partial charge in [0.2, 0.25) is 0 Å². The van der Waals surface area contributed by atoms with E-state index in [9.17, 15) is 9.59 Å². The van der Waals surface area contributed by atoms with Crippen LogP contribution in [0, 0.1) is 5.92 Å². The van der Waals surface area contributed by atoms with Gasteiger partial charge in [-0.3, -0.25) is 9.20 Å². The van der Waals surface area contributed by atoms with Gasteiger partial charge in [-0.05, 0) is 12.1 Å². The van der Waals surface area contributed by atoms with E-state index < -0.39 is 11.9 Å². The topological polar surface area (TPSA) is 99.8 Å². The molecule has 0 aromatic carbocycles. The van der Waals surface area contributed by atoms with E-state index >= 15 is 0 Å². The standard InChI is InChI=1S/C15H21N5O3/c1-9(2)13-18-17-12-6-5-11(8-20(12)13)16-15(23)19(4)7-10(3)14(21)22/h5-6,8-10H,7H2,1-4H3,(H,16,23)(H,21,22). The van der Waals surface area contributed by atoms with Gasteiger partial charge in [0.15, 0.2) is 5.65 Å². The molecular formula is C15H21N5O3. The number of hydrogen-bond acceptors (Lipinski definition) is 4. The Kier molecular flexibility index (Phi) is 4.83. The molecule has 0 spiro atoms. The van der Waals surface area contributed by atoms with Crippen molar-refractivity contribution in [2.75, 3.05) is 18.9 Å². The fraction of sp³-hybridized carbons (Fsp3) is 0.467. The molecule has 2 amide bonds. The molecular weight excluding hydrogens is 298 g/mol. The lowest BCUT2D eigenvalue weighted by Gasteiger charge is -2.20. The van der Waals surface area contributed by atoms with Crippen LogP contribution in [0.2, 0.25) is 0 Å². The molecule has 0 saturated carbocycles. The average Bonchev–Trinajstić information content (AvgIpc) is 2.90. The number of carboxylic acid groups (broad SMARTS) is 1. The molecule has 0 aliphatic heterocycles. The van der Waals surface area contributed by atoms with Gasteiger partial charge in [0.1, 0.15) is 5.82 Å². The van der Waals surface area contributed by atoms with Gasteiger partial charge in [0, 0.05) is 25.7 Å². The van der Waals surface area contributed by atoms with Crippen LogP contribution in [0.3, 0.4) is 0 Å². The van der Waals surface area contributed by atoms with Crippen molar-refractivity contribution in [1.29, 1.82) is 0 Å². The Morgan fingerprint density at radius 2 is 2.00 bits per heavy atom. The third kappa shape index (κ3) is 3.77. The van der Waals surface area contributed by atoms with Crippen molar-refractivity contribution < 1.29 is 14.7 Å². The van der Waals surface area contributed by atoms with E-state index in [1.54, 1.807) is 32.3 Å². The predicted octanol–water partition coefficient (Wildman–Crippen LogP) is 2.04. The number of nitrogens with one attached hydrogen (secondary N) is 1. The second-order valence-electron chi connectivity index (χ2n) is 5.91. The van der Waals surface area contributed by atoms with Crippen molar-refractivity contribution in [3.8, 4) is 0 Å². The molecule has 0 fully saturated rings. The number of carboxylic acids is 1. The van der Waals surface area contributed by atoms with Crippen molar-refractivity contribution in [3.05, 3.63) is 24.2 Å². The lowest BCUT2D eigenvalue weighted by atomic mass is 10.2.